The summed E-state index contributed by atoms with van der Waals surface area (Å²) in [6.45, 7) is 2.94. The number of benzene rings is 1. The van der Waals surface area contributed by atoms with Crippen molar-refractivity contribution in [1.82, 2.24) is 10.6 Å². The van der Waals surface area contributed by atoms with Crippen molar-refractivity contribution in [1.29, 1.82) is 5.26 Å². The minimum absolute atomic E-state index is 0.205. The van der Waals surface area contributed by atoms with E-state index in [0.29, 0.717) is 23.1 Å². The first-order chi connectivity index (χ1) is 10.2. The molecule has 2 rings (SSSR count). The zero-order valence-corrected chi connectivity index (χ0v) is 12.1. The Labute approximate surface area is 124 Å². The normalized spacial score (nSPS) is 15.0. The van der Waals surface area contributed by atoms with Gasteiger partial charge in [-0.15, -0.1) is 0 Å². The Morgan fingerprint density at radius 2 is 2.19 bits per heavy atom. The Bertz CT molecular complexity index is 578. The molecular weight excluding hydrogens is 267 g/mol. The van der Waals surface area contributed by atoms with Gasteiger partial charge in [0.05, 0.1) is 18.2 Å². The first kappa shape index (κ1) is 15.0. The molecule has 0 unspecified atom stereocenters. The number of nitrogens with zero attached hydrogens (tertiary/aromatic N) is 2. The van der Waals surface area contributed by atoms with Gasteiger partial charge in [0.15, 0.2) is 5.96 Å². The van der Waals surface area contributed by atoms with Crippen LogP contribution in [0.1, 0.15) is 30.9 Å². The van der Waals surface area contributed by atoms with Crippen LogP contribution < -0.4 is 10.6 Å². The molecule has 1 aliphatic carbocycles. The highest BCUT2D eigenvalue weighted by Crippen LogP contribution is 2.12. The lowest BCUT2D eigenvalue weighted by Gasteiger charge is -2.16. The number of nitriles is 1. The monoisotopic (exact) mass is 286 g/mol. The fourth-order valence-corrected chi connectivity index (χ4v) is 2.18. The van der Waals surface area contributed by atoms with Crippen molar-refractivity contribution in [3.8, 4) is 6.07 Å². The molecule has 110 valence electrons. The highest BCUT2D eigenvalue weighted by atomic mass is 19.1. The number of nitrogens with one attached hydrogen (secondary N) is 2. The Hall–Kier alpha value is -2.35. The predicted octanol–water partition coefficient (Wildman–Crippen LogP) is 2.47. The number of hydrogen-bond acceptors (Lipinski definition) is 2. The van der Waals surface area contributed by atoms with Crippen LogP contribution in [-0.2, 0) is 6.54 Å². The van der Waals surface area contributed by atoms with Crippen LogP contribution in [0.2, 0.25) is 0 Å². The van der Waals surface area contributed by atoms with E-state index in [9.17, 15) is 4.39 Å². The first-order valence-electron chi connectivity index (χ1n) is 7.11. The van der Waals surface area contributed by atoms with Crippen LogP contribution >= 0.6 is 0 Å². The van der Waals surface area contributed by atoms with Gasteiger partial charge >= 0.3 is 0 Å². The number of halogens is 1. The zero-order chi connectivity index (χ0) is 15.1. The second kappa shape index (κ2) is 7.44. The molecule has 0 saturated carbocycles. The third-order valence-corrected chi connectivity index (χ3v) is 3.28. The van der Waals surface area contributed by atoms with E-state index in [4.69, 9.17) is 5.26 Å². The lowest BCUT2D eigenvalue weighted by atomic mass is 10.1. The van der Waals surface area contributed by atoms with Crippen LogP contribution in [0, 0.1) is 17.1 Å². The van der Waals surface area contributed by atoms with E-state index < -0.39 is 0 Å². The molecule has 0 radical (unpaired) electrons. The van der Waals surface area contributed by atoms with Gasteiger partial charge in [0.2, 0.25) is 0 Å². The minimum atomic E-state index is -0.337. The molecule has 2 N–H and O–H groups in total. The summed E-state index contributed by atoms with van der Waals surface area (Å²) in [6.07, 6.45) is 6.22. The van der Waals surface area contributed by atoms with Gasteiger partial charge in [-0.3, -0.25) is 0 Å². The molecule has 0 heterocycles. The van der Waals surface area contributed by atoms with Gasteiger partial charge < -0.3 is 10.6 Å². The predicted molar refractivity (Wildman–Crippen MR) is 81.2 cm³/mol. The van der Waals surface area contributed by atoms with Crippen molar-refractivity contribution in [2.75, 3.05) is 6.54 Å². The van der Waals surface area contributed by atoms with Gasteiger partial charge in [-0.1, -0.05) is 12.2 Å². The fourth-order valence-electron chi connectivity index (χ4n) is 2.18. The molecule has 0 saturated heterocycles. The van der Waals surface area contributed by atoms with E-state index in [1.54, 1.807) is 6.07 Å². The molecular formula is C16H19FN4. The van der Waals surface area contributed by atoms with E-state index in [1.807, 2.05) is 13.0 Å². The van der Waals surface area contributed by atoms with E-state index >= 15 is 0 Å². The van der Waals surface area contributed by atoms with E-state index in [0.717, 1.165) is 19.4 Å². The number of aliphatic imine (C=N–C) groups is 1. The molecule has 1 aliphatic rings. The van der Waals surface area contributed by atoms with Crippen molar-refractivity contribution in [3.05, 3.63) is 47.3 Å². The van der Waals surface area contributed by atoms with Crippen LogP contribution in [0.3, 0.4) is 0 Å². The average Bonchev–Trinajstić information content (AvgIpc) is 2.99. The topological polar surface area (TPSA) is 60.2 Å². The van der Waals surface area contributed by atoms with Gasteiger partial charge in [0.25, 0.3) is 0 Å². The molecule has 0 bridgehead atoms. The molecule has 0 spiro atoms. The standard InChI is InChI=1S/C16H19FN4/c1-2-19-16(21-14-5-3-4-6-14)20-11-13-9-12(10-18)7-8-15(13)17/h3-4,7-9,14H,2,5-6,11H2,1H3,(H2,19,20,21). The summed E-state index contributed by atoms with van der Waals surface area (Å²) in [4.78, 5) is 4.40. The quantitative estimate of drug-likeness (QED) is 0.508. The van der Waals surface area contributed by atoms with Gasteiger partial charge in [-0.25, -0.2) is 9.38 Å². The molecule has 5 heteroatoms. The van der Waals surface area contributed by atoms with E-state index in [-0.39, 0.29) is 12.4 Å². The van der Waals surface area contributed by atoms with E-state index in [1.165, 1.54) is 12.1 Å². The van der Waals surface area contributed by atoms with Crippen LogP contribution in [0.4, 0.5) is 4.39 Å². The van der Waals surface area contributed by atoms with Crippen LogP contribution in [0.5, 0.6) is 0 Å². The summed E-state index contributed by atoms with van der Waals surface area (Å²) in [7, 11) is 0. The van der Waals surface area contributed by atoms with Crippen molar-refractivity contribution in [3.63, 3.8) is 0 Å². The van der Waals surface area contributed by atoms with Crippen LogP contribution in [-0.4, -0.2) is 18.5 Å². The number of guanidine groups is 1. The van der Waals surface area contributed by atoms with E-state index in [2.05, 4.69) is 27.8 Å². The third-order valence-electron chi connectivity index (χ3n) is 3.28. The Morgan fingerprint density at radius 3 is 2.86 bits per heavy atom. The highest BCUT2D eigenvalue weighted by Gasteiger charge is 2.11. The minimum Gasteiger partial charge on any atom is -0.357 e. The van der Waals surface area contributed by atoms with Crippen LogP contribution in [0.25, 0.3) is 0 Å². The number of hydrogen-bond donors (Lipinski definition) is 2. The SMILES string of the molecule is CCNC(=NCc1cc(C#N)ccc1F)NC1CC=CC1. The molecule has 1 aromatic rings. The maximum atomic E-state index is 13.7. The second-order valence-electron chi connectivity index (χ2n) is 4.90. The fraction of sp³-hybridized carbons (Fsp3) is 0.375. The second-order valence-corrected chi connectivity index (χ2v) is 4.90. The molecule has 0 atom stereocenters. The maximum absolute atomic E-state index is 13.7. The van der Waals surface area contributed by atoms with Crippen molar-refractivity contribution in [2.45, 2.75) is 32.4 Å². The zero-order valence-electron chi connectivity index (χ0n) is 12.1. The molecule has 0 amide bonds. The highest BCUT2D eigenvalue weighted by molar-refractivity contribution is 5.80. The van der Waals surface area contributed by atoms with Gasteiger partial charge in [0, 0.05) is 18.2 Å². The van der Waals surface area contributed by atoms with Gasteiger partial charge in [-0.05, 0) is 38.0 Å². The van der Waals surface area contributed by atoms with Crippen molar-refractivity contribution in [2.24, 2.45) is 4.99 Å². The third kappa shape index (κ3) is 4.32. The summed E-state index contributed by atoms with van der Waals surface area (Å²) in [5.41, 5.74) is 0.871. The summed E-state index contributed by atoms with van der Waals surface area (Å²) in [5, 5.41) is 15.3. The first-order valence-corrected chi connectivity index (χ1v) is 7.11. The Balaban J connectivity index is 2.06. The average molecular weight is 286 g/mol. The summed E-state index contributed by atoms with van der Waals surface area (Å²) < 4.78 is 13.7. The molecule has 1 aromatic carbocycles. The molecule has 0 aliphatic heterocycles. The summed E-state index contributed by atoms with van der Waals surface area (Å²) >= 11 is 0. The molecule has 4 nitrogen and oxygen atoms in total. The molecule has 0 aromatic heterocycles. The molecule has 21 heavy (non-hydrogen) atoms. The summed E-state index contributed by atoms with van der Waals surface area (Å²) in [5.74, 6) is 0.337. The van der Waals surface area contributed by atoms with Gasteiger partial charge in [-0.2, -0.15) is 5.26 Å². The van der Waals surface area contributed by atoms with Gasteiger partial charge in [0.1, 0.15) is 5.82 Å². The largest absolute Gasteiger partial charge is 0.357 e. The smallest absolute Gasteiger partial charge is 0.191 e. The lowest BCUT2D eigenvalue weighted by Crippen LogP contribution is -2.42. The lowest BCUT2D eigenvalue weighted by molar-refractivity contribution is 0.607. The Kier molecular flexibility index (Phi) is 5.33. The Morgan fingerprint density at radius 1 is 1.43 bits per heavy atom. The van der Waals surface area contributed by atoms with Crippen molar-refractivity contribution < 1.29 is 4.39 Å². The molecule has 0 fully saturated rings. The maximum Gasteiger partial charge on any atom is 0.191 e. The van der Waals surface area contributed by atoms with Crippen LogP contribution in [0.15, 0.2) is 35.3 Å². The van der Waals surface area contributed by atoms with Crippen molar-refractivity contribution >= 4 is 5.96 Å². The summed E-state index contributed by atoms with van der Waals surface area (Å²) in [6, 6.07) is 6.68. The number of rotatable bonds is 4.